The molecule has 0 unspecified atom stereocenters. The molecule has 1 aromatic heterocycles. The van der Waals surface area contributed by atoms with Gasteiger partial charge in [-0.1, -0.05) is 0 Å². The summed E-state index contributed by atoms with van der Waals surface area (Å²) in [6.07, 6.45) is 1.39. The number of aryl methyl sites for hydroxylation is 1. The Morgan fingerprint density at radius 2 is 2.42 bits per heavy atom. The molecule has 2 rings (SSSR count). The van der Waals surface area contributed by atoms with Crippen LogP contribution in [0.2, 0.25) is 0 Å². The Bertz CT molecular complexity index is 337. The molecule has 1 amide bonds. The SMILES string of the molecule is Cc1ncnc2c1OCC(=O)N2. The number of nitrogens with zero attached hydrogens (tertiary/aromatic N) is 2. The average Bonchev–Trinajstić information content (AvgIpc) is 2.04. The van der Waals surface area contributed by atoms with Gasteiger partial charge in [0.1, 0.15) is 6.33 Å². The number of nitrogens with one attached hydrogen (secondary N) is 1. The number of hydrogen-bond donors (Lipinski definition) is 1. The smallest absolute Gasteiger partial charge is 0.263 e. The van der Waals surface area contributed by atoms with Gasteiger partial charge in [0, 0.05) is 0 Å². The summed E-state index contributed by atoms with van der Waals surface area (Å²) in [6.45, 7) is 1.85. The number of hydrogen-bond acceptors (Lipinski definition) is 4. The summed E-state index contributed by atoms with van der Waals surface area (Å²) >= 11 is 0. The lowest BCUT2D eigenvalue weighted by atomic mass is 10.3. The molecule has 2 heterocycles. The predicted molar refractivity (Wildman–Crippen MR) is 40.9 cm³/mol. The van der Waals surface area contributed by atoms with Gasteiger partial charge in [-0.25, -0.2) is 9.97 Å². The maximum Gasteiger partial charge on any atom is 0.263 e. The van der Waals surface area contributed by atoms with Crippen LogP contribution in [0.25, 0.3) is 0 Å². The van der Waals surface area contributed by atoms with Crippen molar-refractivity contribution < 1.29 is 9.53 Å². The molecular formula is C7H7N3O2. The van der Waals surface area contributed by atoms with E-state index < -0.39 is 0 Å². The molecule has 1 aliphatic heterocycles. The molecule has 1 aliphatic rings. The fraction of sp³-hybridized carbons (Fsp3) is 0.286. The topological polar surface area (TPSA) is 64.1 Å². The zero-order valence-corrected chi connectivity index (χ0v) is 6.50. The van der Waals surface area contributed by atoms with Crippen LogP contribution < -0.4 is 10.1 Å². The maximum atomic E-state index is 10.8. The molecule has 1 N–H and O–H groups in total. The summed E-state index contributed by atoms with van der Waals surface area (Å²) in [7, 11) is 0. The first-order valence-corrected chi connectivity index (χ1v) is 3.51. The Balaban J connectivity index is 2.48. The van der Waals surface area contributed by atoms with Crippen LogP contribution in [0.4, 0.5) is 5.82 Å². The minimum atomic E-state index is -0.180. The summed E-state index contributed by atoms with van der Waals surface area (Å²) in [5, 5.41) is 2.59. The van der Waals surface area contributed by atoms with Crippen molar-refractivity contribution in [2.24, 2.45) is 0 Å². The Kier molecular flexibility index (Phi) is 1.43. The molecule has 0 fully saturated rings. The first-order chi connectivity index (χ1) is 5.77. The van der Waals surface area contributed by atoms with Gasteiger partial charge in [0.05, 0.1) is 5.69 Å². The van der Waals surface area contributed by atoms with E-state index in [0.717, 1.165) is 5.69 Å². The first kappa shape index (κ1) is 7.02. The van der Waals surface area contributed by atoms with Crippen molar-refractivity contribution in [3.63, 3.8) is 0 Å². The molecule has 0 saturated carbocycles. The molecule has 5 nitrogen and oxygen atoms in total. The fourth-order valence-electron chi connectivity index (χ4n) is 1.03. The number of aromatic nitrogens is 2. The second kappa shape index (κ2) is 2.44. The number of anilines is 1. The highest BCUT2D eigenvalue weighted by molar-refractivity contribution is 5.94. The van der Waals surface area contributed by atoms with E-state index in [2.05, 4.69) is 15.3 Å². The highest BCUT2D eigenvalue weighted by Gasteiger charge is 2.18. The number of carbonyl (C=O) groups excluding carboxylic acids is 1. The minimum absolute atomic E-state index is 0.0429. The Morgan fingerprint density at radius 3 is 3.25 bits per heavy atom. The number of fused-ring (bicyclic) bond motifs is 1. The van der Waals surface area contributed by atoms with Crippen molar-refractivity contribution in [1.29, 1.82) is 0 Å². The molecule has 0 spiro atoms. The van der Waals surface area contributed by atoms with Gasteiger partial charge >= 0.3 is 0 Å². The third-order valence-electron chi connectivity index (χ3n) is 1.59. The van der Waals surface area contributed by atoms with Crippen molar-refractivity contribution in [1.82, 2.24) is 9.97 Å². The standard InChI is InChI=1S/C7H7N3O2/c1-4-6-7(9-3-8-4)10-5(11)2-12-6/h3H,2H2,1H3,(H,8,9,10,11). The molecule has 0 aromatic carbocycles. The largest absolute Gasteiger partial charge is 0.478 e. The number of carbonyl (C=O) groups is 1. The van der Waals surface area contributed by atoms with Crippen LogP contribution in [0.3, 0.4) is 0 Å². The fourth-order valence-corrected chi connectivity index (χ4v) is 1.03. The lowest BCUT2D eigenvalue weighted by molar-refractivity contribution is -0.118. The minimum Gasteiger partial charge on any atom is -0.478 e. The summed E-state index contributed by atoms with van der Waals surface area (Å²) < 4.78 is 5.13. The second-order valence-corrected chi connectivity index (χ2v) is 2.47. The van der Waals surface area contributed by atoms with Crippen LogP contribution >= 0.6 is 0 Å². The van der Waals surface area contributed by atoms with Crippen molar-refractivity contribution in [3.8, 4) is 5.75 Å². The maximum absolute atomic E-state index is 10.8. The summed E-state index contributed by atoms with van der Waals surface area (Å²) in [5.74, 6) is 0.844. The van der Waals surface area contributed by atoms with Crippen LogP contribution in [0.15, 0.2) is 6.33 Å². The highest BCUT2D eigenvalue weighted by atomic mass is 16.5. The van der Waals surface area contributed by atoms with Gasteiger partial charge in [0.25, 0.3) is 5.91 Å². The van der Waals surface area contributed by atoms with Gasteiger partial charge in [0.2, 0.25) is 0 Å². The van der Waals surface area contributed by atoms with E-state index in [1.807, 2.05) is 0 Å². The van der Waals surface area contributed by atoms with Crippen molar-refractivity contribution >= 4 is 11.7 Å². The molecule has 0 radical (unpaired) electrons. The van der Waals surface area contributed by atoms with E-state index in [-0.39, 0.29) is 12.5 Å². The van der Waals surface area contributed by atoms with E-state index in [1.165, 1.54) is 6.33 Å². The van der Waals surface area contributed by atoms with Crippen LogP contribution in [-0.4, -0.2) is 22.5 Å². The lowest BCUT2D eigenvalue weighted by Crippen LogP contribution is -2.26. The first-order valence-electron chi connectivity index (χ1n) is 3.51. The van der Waals surface area contributed by atoms with Crippen LogP contribution in [0.1, 0.15) is 5.69 Å². The number of rotatable bonds is 0. The summed E-state index contributed by atoms with van der Waals surface area (Å²) in [6, 6.07) is 0. The molecule has 62 valence electrons. The Hall–Kier alpha value is -1.65. The van der Waals surface area contributed by atoms with Crippen molar-refractivity contribution in [2.45, 2.75) is 6.92 Å². The molecule has 1 aromatic rings. The monoisotopic (exact) mass is 165 g/mol. The lowest BCUT2D eigenvalue weighted by Gasteiger charge is -2.17. The van der Waals surface area contributed by atoms with Crippen molar-refractivity contribution in [2.75, 3.05) is 11.9 Å². The van der Waals surface area contributed by atoms with E-state index in [1.54, 1.807) is 6.92 Å². The average molecular weight is 165 g/mol. The Morgan fingerprint density at radius 1 is 1.58 bits per heavy atom. The highest BCUT2D eigenvalue weighted by Crippen LogP contribution is 2.26. The van der Waals surface area contributed by atoms with Gasteiger partial charge in [-0.05, 0) is 6.92 Å². The van der Waals surface area contributed by atoms with Gasteiger partial charge in [-0.3, -0.25) is 4.79 Å². The molecule has 5 heteroatoms. The van der Waals surface area contributed by atoms with Crippen LogP contribution in [0, 0.1) is 6.92 Å². The van der Waals surface area contributed by atoms with E-state index in [9.17, 15) is 4.79 Å². The molecule has 0 atom stereocenters. The van der Waals surface area contributed by atoms with E-state index in [4.69, 9.17) is 4.74 Å². The van der Waals surface area contributed by atoms with Gasteiger partial charge in [-0.2, -0.15) is 0 Å². The quantitative estimate of drug-likeness (QED) is 0.592. The zero-order valence-electron chi connectivity index (χ0n) is 6.50. The summed E-state index contributed by atoms with van der Waals surface area (Å²) in [4.78, 5) is 18.6. The van der Waals surface area contributed by atoms with Crippen molar-refractivity contribution in [3.05, 3.63) is 12.0 Å². The summed E-state index contributed by atoms with van der Waals surface area (Å²) in [5.41, 5.74) is 0.736. The van der Waals surface area contributed by atoms with Gasteiger partial charge < -0.3 is 10.1 Å². The normalized spacial score (nSPS) is 14.6. The van der Waals surface area contributed by atoms with Gasteiger partial charge in [-0.15, -0.1) is 0 Å². The van der Waals surface area contributed by atoms with Crippen LogP contribution in [0.5, 0.6) is 5.75 Å². The second-order valence-electron chi connectivity index (χ2n) is 2.47. The number of amides is 1. The molecule has 0 bridgehead atoms. The molecule has 0 aliphatic carbocycles. The molecule has 0 saturated heterocycles. The third kappa shape index (κ3) is 0.990. The van der Waals surface area contributed by atoms with E-state index >= 15 is 0 Å². The zero-order chi connectivity index (χ0) is 8.55. The predicted octanol–water partition coefficient (Wildman–Crippen LogP) is 0.116. The molecular weight excluding hydrogens is 158 g/mol. The van der Waals surface area contributed by atoms with Gasteiger partial charge in [0.15, 0.2) is 18.2 Å². The van der Waals surface area contributed by atoms with Crippen LogP contribution in [-0.2, 0) is 4.79 Å². The van der Waals surface area contributed by atoms with E-state index in [0.29, 0.717) is 11.6 Å². The Labute approximate surface area is 68.8 Å². The third-order valence-corrected chi connectivity index (χ3v) is 1.59. The number of ether oxygens (including phenoxy) is 1. The molecule has 12 heavy (non-hydrogen) atoms.